The van der Waals surface area contributed by atoms with Gasteiger partial charge in [0.15, 0.2) is 0 Å². The van der Waals surface area contributed by atoms with Crippen molar-refractivity contribution in [1.82, 2.24) is 0 Å². The quantitative estimate of drug-likeness (QED) is 0.489. The summed E-state index contributed by atoms with van der Waals surface area (Å²) in [6.07, 6.45) is 1.30. The average molecular weight is 186 g/mol. The summed E-state index contributed by atoms with van der Waals surface area (Å²) < 4.78 is 12.8. The minimum atomic E-state index is -0.437. The number of carbonyl (C=O) groups excluding carboxylic acids is 1. The van der Waals surface area contributed by atoms with Crippen LogP contribution in [0.25, 0.3) is 0 Å². The number of isocyanates is 1. The highest BCUT2D eigenvalue weighted by Crippen LogP contribution is 2.26. The first-order valence-electron chi connectivity index (χ1n) is 3.18. The largest absolute Gasteiger partial charge is 0.240 e. The Morgan fingerprint density at radius 1 is 1.58 bits per heavy atom. The SMILES string of the molecule is Cc1cc(Cl)c(N=C=O)cc1F. The summed E-state index contributed by atoms with van der Waals surface area (Å²) in [7, 11) is 0. The molecule has 12 heavy (non-hydrogen) atoms. The van der Waals surface area contributed by atoms with E-state index in [1.807, 2.05) is 0 Å². The van der Waals surface area contributed by atoms with Crippen LogP contribution in [-0.4, -0.2) is 6.08 Å². The van der Waals surface area contributed by atoms with Crippen molar-refractivity contribution in [2.45, 2.75) is 6.92 Å². The lowest BCUT2D eigenvalue weighted by Gasteiger charge is -1.98. The molecule has 0 bridgehead atoms. The fourth-order valence-electron chi connectivity index (χ4n) is 0.771. The molecule has 0 aliphatic carbocycles. The lowest BCUT2D eigenvalue weighted by molar-refractivity contribution is 0.565. The van der Waals surface area contributed by atoms with Crippen LogP contribution in [-0.2, 0) is 4.79 Å². The van der Waals surface area contributed by atoms with Crippen molar-refractivity contribution in [2.24, 2.45) is 4.99 Å². The molecule has 0 heterocycles. The van der Waals surface area contributed by atoms with Gasteiger partial charge in [-0.15, -0.1) is 0 Å². The van der Waals surface area contributed by atoms with Crippen LogP contribution in [0.1, 0.15) is 5.56 Å². The first-order chi connectivity index (χ1) is 5.65. The Hall–Kier alpha value is -1.18. The van der Waals surface area contributed by atoms with Crippen molar-refractivity contribution in [3.8, 4) is 0 Å². The molecule has 0 amide bonds. The highest BCUT2D eigenvalue weighted by atomic mass is 35.5. The van der Waals surface area contributed by atoms with Crippen LogP contribution < -0.4 is 0 Å². The maximum Gasteiger partial charge on any atom is 0.240 e. The molecule has 0 spiro atoms. The van der Waals surface area contributed by atoms with E-state index in [-0.39, 0.29) is 10.7 Å². The van der Waals surface area contributed by atoms with E-state index in [1.165, 1.54) is 12.1 Å². The van der Waals surface area contributed by atoms with E-state index in [9.17, 15) is 9.18 Å². The number of nitrogens with zero attached hydrogens (tertiary/aromatic N) is 1. The first-order valence-corrected chi connectivity index (χ1v) is 3.56. The van der Waals surface area contributed by atoms with Crippen LogP contribution in [0.5, 0.6) is 0 Å². The summed E-state index contributed by atoms with van der Waals surface area (Å²) in [5.74, 6) is -0.437. The smallest absolute Gasteiger partial charge is 0.211 e. The Bertz CT molecular complexity index is 358. The molecule has 0 aliphatic heterocycles. The van der Waals surface area contributed by atoms with Crippen molar-refractivity contribution in [3.63, 3.8) is 0 Å². The minimum absolute atomic E-state index is 0.106. The third kappa shape index (κ3) is 1.70. The van der Waals surface area contributed by atoms with Crippen molar-refractivity contribution in [3.05, 3.63) is 28.5 Å². The molecule has 4 heteroatoms. The van der Waals surface area contributed by atoms with Gasteiger partial charge in [0.05, 0.1) is 10.7 Å². The Balaban J connectivity index is 3.32. The average Bonchev–Trinajstić information content (AvgIpc) is 2.01. The number of halogens is 2. The van der Waals surface area contributed by atoms with Crippen LogP contribution in [0, 0.1) is 12.7 Å². The number of aryl methyl sites for hydroxylation is 1. The molecule has 0 saturated heterocycles. The number of hydrogen-bond acceptors (Lipinski definition) is 2. The van der Waals surface area contributed by atoms with Gasteiger partial charge in [0.1, 0.15) is 5.82 Å². The molecule has 2 nitrogen and oxygen atoms in total. The van der Waals surface area contributed by atoms with E-state index in [1.54, 1.807) is 6.92 Å². The summed E-state index contributed by atoms with van der Waals surface area (Å²) in [4.78, 5) is 13.1. The van der Waals surface area contributed by atoms with Crippen molar-refractivity contribution in [1.29, 1.82) is 0 Å². The molecule has 0 aromatic heterocycles. The zero-order valence-electron chi connectivity index (χ0n) is 6.27. The summed E-state index contributed by atoms with van der Waals surface area (Å²) in [6, 6.07) is 2.51. The molecule has 0 fully saturated rings. The van der Waals surface area contributed by atoms with Crippen molar-refractivity contribution in [2.75, 3.05) is 0 Å². The fraction of sp³-hybridized carbons (Fsp3) is 0.125. The Kier molecular flexibility index (Phi) is 2.58. The van der Waals surface area contributed by atoms with E-state index >= 15 is 0 Å². The van der Waals surface area contributed by atoms with Gasteiger partial charge in [0, 0.05) is 6.07 Å². The molecular weight excluding hydrogens is 181 g/mol. The standard InChI is InChI=1S/C8H5ClFNO/c1-5-2-6(9)8(11-4-12)3-7(5)10/h2-3H,1H3. The van der Waals surface area contributed by atoms with Crippen LogP contribution in [0.15, 0.2) is 17.1 Å². The Morgan fingerprint density at radius 3 is 2.83 bits per heavy atom. The van der Waals surface area contributed by atoms with E-state index in [2.05, 4.69) is 4.99 Å². The Labute approximate surface area is 73.7 Å². The molecule has 0 unspecified atom stereocenters. The monoisotopic (exact) mass is 185 g/mol. The van der Waals surface area contributed by atoms with Gasteiger partial charge in [0.2, 0.25) is 6.08 Å². The number of rotatable bonds is 1. The van der Waals surface area contributed by atoms with Crippen LogP contribution in [0.3, 0.4) is 0 Å². The molecular formula is C8H5ClFNO. The van der Waals surface area contributed by atoms with E-state index in [0.717, 1.165) is 6.07 Å². The molecule has 62 valence electrons. The number of aliphatic imine (C=N–C) groups is 1. The Morgan fingerprint density at radius 2 is 2.25 bits per heavy atom. The van der Waals surface area contributed by atoms with Crippen molar-refractivity contribution < 1.29 is 9.18 Å². The van der Waals surface area contributed by atoms with E-state index < -0.39 is 5.82 Å². The predicted octanol–water partition coefficient (Wildman–Crippen LogP) is 2.75. The van der Waals surface area contributed by atoms with Gasteiger partial charge in [-0.05, 0) is 18.6 Å². The van der Waals surface area contributed by atoms with Gasteiger partial charge in [-0.1, -0.05) is 11.6 Å². The van der Waals surface area contributed by atoms with Crippen LogP contribution in [0.2, 0.25) is 5.02 Å². The molecule has 0 N–H and O–H groups in total. The van der Waals surface area contributed by atoms with Crippen LogP contribution in [0.4, 0.5) is 10.1 Å². The number of hydrogen-bond donors (Lipinski definition) is 0. The summed E-state index contributed by atoms with van der Waals surface area (Å²) >= 11 is 5.64. The first kappa shape index (κ1) is 8.91. The lowest BCUT2D eigenvalue weighted by Crippen LogP contribution is -1.81. The molecule has 0 radical (unpaired) electrons. The zero-order valence-corrected chi connectivity index (χ0v) is 7.02. The van der Waals surface area contributed by atoms with Gasteiger partial charge in [-0.3, -0.25) is 0 Å². The molecule has 0 saturated carbocycles. The van der Waals surface area contributed by atoms with Gasteiger partial charge < -0.3 is 0 Å². The maximum atomic E-state index is 12.8. The maximum absolute atomic E-state index is 12.8. The third-order valence-electron chi connectivity index (χ3n) is 1.39. The highest BCUT2D eigenvalue weighted by Gasteiger charge is 2.03. The molecule has 1 rings (SSSR count). The van der Waals surface area contributed by atoms with Gasteiger partial charge in [-0.25, -0.2) is 9.18 Å². The van der Waals surface area contributed by atoms with Crippen molar-refractivity contribution >= 4 is 23.4 Å². The second-order valence-electron chi connectivity index (χ2n) is 2.26. The number of benzene rings is 1. The van der Waals surface area contributed by atoms with Gasteiger partial charge in [0.25, 0.3) is 0 Å². The second-order valence-corrected chi connectivity index (χ2v) is 2.66. The van der Waals surface area contributed by atoms with Gasteiger partial charge >= 0.3 is 0 Å². The molecule has 0 aliphatic rings. The fourth-order valence-corrected chi connectivity index (χ4v) is 1.03. The summed E-state index contributed by atoms with van der Waals surface area (Å²) in [6.45, 7) is 1.58. The third-order valence-corrected chi connectivity index (χ3v) is 1.70. The molecule has 1 aromatic rings. The summed E-state index contributed by atoms with van der Waals surface area (Å²) in [5, 5.41) is 0.247. The zero-order chi connectivity index (χ0) is 9.14. The topological polar surface area (TPSA) is 29.4 Å². The molecule has 0 atom stereocenters. The molecule has 1 aromatic carbocycles. The van der Waals surface area contributed by atoms with Crippen LogP contribution >= 0.6 is 11.6 Å². The summed E-state index contributed by atoms with van der Waals surface area (Å²) in [5.41, 5.74) is 0.527. The predicted molar refractivity (Wildman–Crippen MR) is 43.9 cm³/mol. The lowest BCUT2D eigenvalue weighted by atomic mass is 10.2. The normalized spacial score (nSPS) is 9.25. The van der Waals surface area contributed by atoms with E-state index in [4.69, 9.17) is 11.6 Å². The minimum Gasteiger partial charge on any atom is -0.211 e. The highest BCUT2D eigenvalue weighted by molar-refractivity contribution is 6.33. The van der Waals surface area contributed by atoms with E-state index in [0.29, 0.717) is 5.56 Å². The van der Waals surface area contributed by atoms with Gasteiger partial charge in [-0.2, -0.15) is 4.99 Å². The second kappa shape index (κ2) is 3.48.